The molecule has 1 fully saturated rings. The average Bonchev–Trinajstić information content (AvgIpc) is 3.01. The zero-order valence-corrected chi connectivity index (χ0v) is 15.2. The lowest BCUT2D eigenvalue weighted by atomic mass is 9.99. The van der Waals surface area contributed by atoms with E-state index in [0.717, 1.165) is 5.56 Å². The Hall–Kier alpha value is -2.43. The number of benzene rings is 2. The number of carbonyl (C=O) groups excluding carboxylic acids is 1. The van der Waals surface area contributed by atoms with Gasteiger partial charge in [-0.1, -0.05) is 12.1 Å². The third-order valence-electron chi connectivity index (χ3n) is 4.07. The quantitative estimate of drug-likeness (QED) is 0.686. The first-order valence-corrected chi connectivity index (χ1v) is 10.7. The van der Waals surface area contributed by atoms with E-state index >= 15 is 0 Å². The molecule has 0 radical (unpaired) electrons. The monoisotopic (exact) mass is 395 g/mol. The molecule has 1 heterocycles. The molecule has 0 spiro atoms. The molecule has 1 aliphatic heterocycles. The van der Waals surface area contributed by atoms with Crippen LogP contribution in [0.15, 0.2) is 58.3 Å². The van der Waals surface area contributed by atoms with Crippen molar-refractivity contribution in [3.8, 4) is 0 Å². The first kappa shape index (κ1) is 18.4. The summed E-state index contributed by atoms with van der Waals surface area (Å²) < 4.78 is 49.7. The van der Waals surface area contributed by atoms with E-state index in [-0.39, 0.29) is 27.3 Å². The third kappa shape index (κ3) is 4.03. The first-order chi connectivity index (χ1) is 12.1. The second kappa shape index (κ2) is 6.71. The van der Waals surface area contributed by atoms with Crippen molar-refractivity contribution in [3.63, 3.8) is 0 Å². The van der Waals surface area contributed by atoms with Crippen molar-refractivity contribution >= 4 is 31.6 Å². The number of carbonyl (C=O) groups is 1. The van der Waals surface area contributed by atoms with Crippen LogP contribution >= 0.6 is 0 Å². The van der Waals surface area contributed by atoms with Crippen molar-refractivity contribution in [2.75, 3.05) is 11.3 Å². The van der Waals surface area contributed by atoms with Gasteiger partial charge in [0.15, 0.2) is 0 Å². The fourth-order valence-electron chi connectivity index (χ4n) is 2.69. The zero-order chi connectivity index (χ0) is 18.9. The Morgan fingerprint density at radius 1 is 0.923 bits per heavy atom. The van der Waals surface area contributed by atoms with E-state index in [1.807, 2.05) is 0 Å². The third-order valence-corrected chi connectivity index (χ3v) is 6.40. The molecule has 138 valence electrons. The number of amides is 1. The molecule has 1 amide bonds. The number of nitrogens with two attached hydrogens (primary N) is 1. The average molecular weight is 395 g/mol. The molecule has 0 saturated carbocycles. The van der Waals surface area contributed by atoms with Gasteiger partial charge in [-0.15, -0.1) is 0 Å². The number of nitrogens with one attached hydrogen (secondary N) is 2. The highest BCUT2D eigenvalue weighted by atomic mass is 32.2. The van der Waals surface area contributed by atoms with E-state index in [1.54, 1.807) is 12.1 Å². The minimum absolute atomic E-state index is 0.0173. The fourth-order valence-corrected chi connectivity index (χ4v) is 4.26. The summed E-state index contributed by atoms with van der Waals surface area (Å²) >= 11 is 0. The van der Waals surface area contributed by atoms with Gasteiger partial charge in [-0.25, -0.2) is 22.0 Å². The van der Waals surface area contributed by atoms with Gasteiger partial charge < -0.3 is 5.32 Å². The van der Waals surface area contributed by atoms with Crippen LogP contribution in [0.25, 0.3) is 0 Å². The Morgan fingerprint density at radius 3 is 2.00 bits per heavy atom. The van der Waals surface area contributed by atoms with Crippen molar-refractivity contribution in [1.29, 1.82) is 0 Å². The van der Waals surface area contributed by atoms with E-state index in [4.69, 9.17) is 5.14 Å². The summed E-state index contributed by atoms with van der Waals surface area (Å²) in [4.78, 5) is 11.2. The van der Waals surface area contributed by atoms with Gasteiger partial charge in [0.25, 0.3) is 10.0 Å². The molecular formula is C16H17N3O5S2. The number of hydrogen-bond donors (Lipinski definition) is 3. The maximum atomic E-state index is 12.4. The molecule has 0 bridgehead atoms. The molecule has 0 unspecified atom stereocenters. The van der Waals surface area contributed by atoms with Gasteiger partial charge in [0.2, 0.25) is 15.9 Å². The van der Waals surface area contributed by atoms with Crippen LogP contribution in [0.1, 0.15) is 17.9 Å². The van der Waals surface area contributed by atoms with Gasteiger partial charge in [-0.3, -0.25) is 9.52 Å². The number of anilines is 1. The summed E-state index contributed by atoms with van der Waals surface area (Å²) in [6.45, 7) is 0.541. The van der Waals surface area contributed by atoms with E-state index in [9.17, 15) is 21.6 Å². The standard InChI is InChI=1S/C16H17N3O5S2/c17-25(21,22)14-7-3-13(4-8-14)19-26(23,24)15-5-1-11(2-6-15)12-9-16(20)18-10-12/h1-8,12,19H,9-10H2,(H,18,20)(H2,17,21,22)/t12-/m1/s1. The second-order valence-electron chi connectivity index (χ2n) is 5.95. The smallest absolute Gasteiger partial charge is 0.261 e. The van der Waals surface area contributed by atoms with Gasteiger partial charge in [-0.05, 0) is 42.0 Å². The van der Waals surface area contributed by atoms with Crippen LogP contribution in [0.3, 0.4) is 0 Å². The summed E-state index contributed by atoms with van der Waals surface area (Å²) in [6.07, 6.45) is 0.390. The maximum absolute atomic E-state index is 12.4. The van der Waals surface area contributed by atoms with E-state index in [1.165, 1.54) is 36.4 Å². The van der Waals surface area contributed by atoms with Crippen LogP contribution < -0.4 is 15.2 Å². The second-order valence-corrected chi connectivity index (χ2v) is 9.19. The molecule has 2 aromatic rings. The van der Waals surface area contributed by atoms with Gasteiger partial charge in [0.1, 0.15) is 0 Å². The maximum Gasteiger partial charge on any atom is 0.261 e. The highest BCUT2D eigenvalue weighted by Gasteiger charge is 2.23. The zero-order valence-electron chi connectivity index (χ0n) is 13.5. The van der Waals surface area contributed by atoms with Crippen LogP contribution in [0.4, 0.5) is 5.69 Å². The highest BCUT2D eigenvalue weighted by molar-refractivity contribution is 7.92. The van der Waals surface area contributed by atoms with Crippen molar-refractivity contribution in [2.24, 2.45) is 5.14 Å². The summed E-state index contributed by atoms with van der Waals surface area (Å²) in [5, 5.41) is 7.75. The Balaban J connectivity index is 1.76. The highest BCUT2D eigenvalue weighted by Crippen LogP contribution is 2.25. The number of primary sulfonamides is 1. The fraction of sp³-hybridized carbons (Fsp3) is 0.188. The molecule has 26 heavy (non-hydrogen) atoms. The molecule has 10 heteroatoms. The number of sulfonamides is 2. The largest absolute Gasteiger partial charge is 0.355 e. The normalized spacial score (nSPS) is 17.7. The van der Waals surface area contributed by atoms with E-state index < -0.39 is 20.0 Å². The molecule has 8 nitrogen and oxygen atoms in total. The summed E-state index contributed by atoms with van der Waals surface area (Å²) in [5.74, 6) is 0.0225. The predicted molar refractivity (Wildman–Crippen MR) is 95.4 cm³/mol. The van der Waals surface area contributed by atoms with Crippen LogP contribution in [-0.4, -0.2) is 29.3 Å². The van der Waals surface area contributed by atoms with Gasteiger partial charge in [0, 0.05) is 24.6 Å². The van der Waals surface area contributed by atoms with Crippen LogP contribution in [0, 0.1) is 0 Å². The van der Waals surface area contributed by atoms with E-state index in [2.05, 4.69) is 10.0 Å². The van der Waals surface area contributed by atoms with Gasteiger partial charge in [0.05, 0.1) is 9.79 Å². The molecule has 1 atom stereocenters. The van der Waals surface area contributed by atoms with Crippen LogP contribution in [0.5, 0.6) is 0 Å². The predicted octanol–water partition coefficient (Wildman–Crippen LogP) is 0.738. The van der Waals surface area contributed by atoms with E-state index in [0.29, 0.717) is 13.0 Å². The molecule has 3 rings (SSSR count). The summed E-state index contributed by atoms with van der Waals surface area (Å²) in [7, 11) is -7.66. The Labute approximate surface area is 151 Å². The van der Waals surface area contributed by atoms with Crippen LogP contribution in [-0.2, 0) is 24.8 Å². The Morgan fingerprint density at radius 2 is 1.50 bits per heavy atom. The molecule has 0 aromatic heterocycles. The first-order valence-electron chi connectivity index (χ1n) is 7.67. The molecule has 4 N–H and O–H groups in total. The SMILES string of the molecule is NS(=O)(=O)c1ccc(NS(=O)(=O)c2ccc([C@H]3CNC(=O)C3)cc2)cc1. The number of hydrogen-bond acceptors (Lipinski definition) is 5. The summed E-state index contributed by atoms with van der Waals surface area (Å²) in [5.41, 5.74) is 1.10. The minimum atomic E-state index is -3.84. The Kier molecular flexibility index (Phi) is 4.74. The topological polar surface area (TPSA) is 135 Å². The number of rotatable bonds is 5. The lowest BCUT2D eigenvalue weighted by Gasteiger charge is -2.11. The molecule has 1 aliphatic rings. The van der Waals surface area contributed by atoms with Crippen molar-refractivity contribution in [3.05, 3.63) is 54.1 Å². The molecular weight excluding hydrogens is 378 g/mol. The van der Waals surface area contributed by atoms with Crippen molar-refractivity contribution in [1.82, 2.24) is 5.32 Å². The summed E-state index contributed by atoms with van der Waals surface area (Å²) in [6, 6.07) is 11.4. The van der Waals surface area contributed by atoms with Gasteiger partial charge in [-0.2, -0.15) is 0 Å². The van der Waals surface area contributed by atoms with Crippen molar-refractivity contribution < 1.29 is 21.6 Å². The minimum Gasteiger partial charge on any atom is -0.355 e. The van der Waals surface area contributed by atoms with Gasteiger partial charge >= 0.3 is 0 Å². The molecule has 1 saturated heterocycles. The van der Waals surface area contributed by atoms with Crippen LogP contribution in [0.2, 0.25) is 0 Å². The Bertz CT molecular complexity index is 1030. The van der Waals surface area contributed by atoms with Crippen molar-refractivity contribution in [2.45, 2.75) is 22.1 Å². The lowest BCUT2D eigenvalue weighted by molar-refractivity contribution is -0.119. The molecule has 2 aromatic carbocycles. The molecule has 0 aliphatic carbocycles. The lowest BCUT2D eigenvalue weighted by Crippen LogP contribution is -2.15.